The lowest BCUT2D eigenvalue weighted by atomic mass is 10.1. The fourth-order valence-electron chi connectivity index (χ4n) is 3.13. The maximum atomic E-state index is 12.2. The molecule has 0 aliphatic rings. The average Bonchev–Trinajstić information content (AvgIpc) is 2.81. The van der Waals surface area contributed by atoms with Crippen molar-refractivity contribution in [2.45, 2.75) is 26.1 Å². The van der Waals surface area contributed by atoms with Crippen LogP contribution in [0.15, 0.2) is 77.3 Å². The van der Waals surface area contributed by atoms with Crippen molar-refractivity contribution >= 4 is 21.8 Å². The van der Waals surface area contributed by atoms with Gasteiger partial charge in [-0.05, 0) is 51.7 Å². The number of hydrogen-bond acceptors (Lipinski definition) is 4. The Morgan fingerprint density at radius 1 is 0.968 bits per heavy atom. The summed E-state index contributed by atoms with van der Waals surface area (Å²) < 4.78 is 12.0. The third-order valence-electron chi connectivity index (χ3n) is 4.88. The molecular weight excluding hydrogens is 456 g/mol. The van der Waals surface area contributed by atoms with E-state index in [2.05, 4.69) is 45.6 Å². The van der Waals surface area contributed by atoms with Crippen LogP contribution in [0.4, 0.5) is 0 Å². The van der Waals surface area contributed by atoms with Gasteiger partial charge in [-0.25, -0.2) is 0 Å². The van der Waals surface area contributed by atoms with Crippen LogP contribution in [0.25, 0.3) is 0 Å². The van der Waals surface area contributed by atoms with Crippen molar-refractivity contribution in [3.63, 3.8) is 0 Å². The van der Waals surface area contributed by atoms with Crippen LogP contribution in [0.1, 0.15) is 29.7 Å². The second kappa shape index (κ2) is 11.5. The predicted molar refractivity (Wildman–Crippen MR) is 126 cm³/mol. The lowest BCUT2D eigenvalue weighted by Crippen LogP contribution is -2.28. The Morgan fingerprint density at radius 3 is 2.32 bits per heavy atom. The standard InChI is InChI=1S/C25H27BrN2O3/c1-18(21-11-7-4-8-12-21)27-16-20-13-22(26)25(23(14-20)30-2)31-17-24(29)28-15-19-9-5-3-6-10-19/h3-14,18,27H,15-17H2,1-2H3,(H,28,29)/t18-/m1/s1. The van der Waals surface area contributed by atoms with Crippen LogP contribution in [0.3, 0.4) is 0 Å². The van der Waals surface area contributed by atoms with E-state index in [-0.39, 0.29) is 18.6 Å². The molecule has 31 heavy (non-hydrogen) atoms. The topological polar surface area (TPSA) is 59.6 Å². The quantitative estimate of drug-likeness (QED) is 0.426. The molecule has 0 saturated heterocycles. The molecule has 0 aliphatic carbocycles. The Morgan fingerprint density at radius 2 is 1.65 bits per heavy atom. The number of halogens is 1. The molecule has 0 radical (unpaired) electrons. The molecule has 0 aliphatic heterocycles. The van der Waals surface area contributed by atoms with Gasteiger partial charge in [0.1, 0.15) is 0 Å². The van der Waals surface area contributed by atoms with E-state index in [9.17, 15) is 4.79 Å². The zero-order valence-electron chi connectivity index (χ0n) is 17.7. The van der Waals surface area contributed by atoms with Gasteiger partial charge in [-0.2, -0.15) is 0 Å². The van der Waals surface area contributed by atoms with E-state index >= 15 is 0 Å². The van der Waals surface area contributed by atoms with Crippen molar-refractivity contribution in [2.75, 3.05) is 13.7 Å². The Bertz CT molecular complexity index is 981. The Labute approximate surface area is 191 Å². The highest BCUT2D eigenvalue weighted by molar-refractivity contribution is 9.10. The molecule has 0 heterocycles. The van der Waals surface area contributed by atoms with Gasteiger partial charge in [0.25, 0.3) is 5.91 Å². The summed E-state index contributed by atoms with van der Waals surface area (Å²) in [5.41, 5.74) is 3.32. The summed E-state index contributed by atoms with van der Waals surface area (Å²) in [5.74, 6) is 0.895. The van der Waals surface area contributed by atoms with E-state index in [1.165, 1.54) is 5.56 Å². The van der Waals surface area contributed by atoms with Crippen LogP contribution in [-0.2, 0) is 17.9 Å². The lowest BCUT2D eigenvalue weighted by molar-refractivity contribution is -0.123. The number of ether oxygens (including phenoxy) is 2. The number of rotatable bonds is 10. The third kappa shape index (κ3) is 6.84. The Kier molecular flexibility index (Phi) is 8.50. The van der Waals surface area contributed by atoms with Gasteiger partial charge in [-0.3, -0.25) is 4.79 Å². The lowest BCUT2D eigenvalue weighted by Gasteiger charge is -2.17. The summed E-state index contributed by atoms with van der Waals surface area (Å²) in [4.78, 5) is 12.2. The zero-order chi connectivity index (χ0) is 22.1. The SMILES string of the molecule is COc1cc(CN[C@H](C)c2ccccc2)cc(Br)c1OCC(=O)NCc1ccccc1. The Balaban J connectivity index is 1.56. The molecule has 3 aromatic carbocycles. The number of nitrogens with one attached hydrogen (secondary N) is 2. The van der Waals surface area contributed by atoms with Crippen LogP contribution in [-0.4, -0.2) is 19.6 Å². The van der Waals surface area contributed by atoms with Gasteiger partial charge in [-0.15, -0.1) is 0 Å². The third-order valence-corrected chi connectivity index (χ3v) is 5.47. The number of carbonyl (C=O) groups excluding carboxylic acids is 1. The molecule has 3 aromatic rings. The zero-order valence-corrected chi connectivity index (χ0v) is 19.3. The van der Waals surface area contributed by atoms with E-state index in [1.54, 1.807) is 7.11 Å². The highest BCUT2D eigenvalue weighted by Gasteiger charge is 2.14. The molecule has 162 valence electrons. The van der Waals surface area contributed by atoms with E-state index in [4.69, 9.17) is 9.47 Å². The van der Waals surface area contributed by atoms with Gasteiger partial charge in [-0.1, -0.05) is 60.7 Å². The van der Waals surface area contributed by atoms with Gasteiger partial charge in [0, 0.05) is 19.1 Å². The molecule has 6 heteroatoms. The first kappa shape index (κ1) is 22.8. The number of benzene rings is 3. The summed E-state index contributed by atoms with van der Waals surface area (Å²) in [6, 6.07) is 24.2. The molecule has 1 atom stereocenters. The fourth-order valence-corrected chi connectivity index (χ4v) is 3.74. The molecule has 0 aromatic heterocycles. The smallest absolute Gasteiger partial charge is 0.258 e. The van der Waals surface area contributed by atoms with Crippen LogP contribution in [0.2, 0.25) is 0 Å². The molecule has 0 bridgehead atoms. The number of methoxy groups -OCH3 is 1. The van der Waals surface area contributed by atoms with Crippen molar-refractivity contribution in [1.29, 1.82) is 0 Å². The monoisotopic (exact) mass is 482 g/mol. The summed E-state index contributed by atoms with van der Waals surface area (Å²) in [7, 11) is 1.59. The minimum atomic E-state index is -0.194. The van der Waals surface area contributed by atoms with Crippen LogP contribution >= 0.6 is 15.9 Å². The molecule has 5 nitrogen and oxygen atoms in total. The summed E-state index contributed by atoms with van der Waals surface area (Å²) in [6.45, 7) is 3.17. The molecule has 0 saturated carbocycles. The predicted octanol–water partition coefficient (Wildman–Crippen LogP) is 5.00. The summed E-state index contributed by atoms with van der Waals surface area (Å²) in [5, 5.41) is 6.37. The number of hydrogen-bond donors (Lipinski definition) is 2. The van der Waals surface area contributed by atoms with Crippen molar-refractivity contribution in [2.24, 2.45) is 0 Å². The summed E-state index contributed by atoms with van der Waals surface area (Å²) >= 11 is 3.55. The molecule has 0 spiro atoms. The maximum Gasteiger partial charge on any atom is 0.258 e. The second-order valence-electron chi connectivity index (χ2n) is 7.17. The van der Waals surface area contributed by atoms with Gasteiger partial charge in [0.15, 0.2) is 18.1 Å². The largest absolute Gasteiger partial charge is 0.493 e. The molecule has 2 N–H and O–H groups in total. The second-order valence-corrected chi connectivity index (χ2v) is 8.03. The first-order valence-corrected chi connectivity index (χ1v) is 10.9. The van der Waals surface area contributed by atoms with E-state index < -0.39 is 0 Å². The normalized spacial score (nSPS) is 11.6. The van der Waals surface area contributed by atoms with Crippen molar-refractivity contribution in [3.8, 4) is 11.5 Å². The van der Waals surface area contributed by atoms with Crippen LogP contribution in [0, 0.1) is 0 Å². The fraction of sp³-hybridized carbons (Fsp3) is 0.240. The van der Waals surface area contributed by atoms with Crippen molar-refractivity contribution < 1.29 is 14.3 Å². The highest BCUT2D eigenvalue weighted by Crippen LogP contribution is 2.36. The first-order chi connectivity index (χ1) is 15.1. The summed E-state index contributed by atoms with van der Waals surface area (Å²) in [6.07, 6.45) is 0. The number of amides is 1. The van der Waals surface area contributed by atoms with E-state index in [0.717, 1.165) is 15.6 Å². The van der Waals surface area contributed by atoms with Gasteiger partial charge < -0.3 is 20.1 Å². The van der Waals surface area contributed by atoms with Crippen LogP contribution < -0.4 is 20.1 Å². The van der Waals surface area contributed by atoms with Gasteiger partial charge in [0.2, 0.25) is 0 Å². The molecule has 3 rings (SSSR count). The van der Waals surface area contributed by atoms with Gasteiger partial charge >= 0.3 is 0 Å². The Hall–Kier alpha value is -2.83. The van der Waals surface area contributed by atoms with Crippen LogP contribution in [0.5, 0.6) is 11.5 Å². The minimum Gasteiger partial charge on any atom is -0.493 e. The number of carbonyl (C=O) groups is 1. The average molecular weight is 483 g/mol. The first-order valence-electron chi connectivity index (χ1n) is 10.1. The maximum absolute atomic E-state index is 12.2. The highest BCUT2D eigenvalue weighted by atomic mass is 79.9. The molecule has 0 unspecified atom stereocenters. The van der Waals surface area contributed by atoms with E-state index in [1.807, 2.05) is 60.7 Å². The minimum absolute atomic E-state index is 0.0928. The van der Waals surface area contributed by atoms with Crippen molar-refractivity contribution in [1.82, 2.24) is 10.6 Å². The molecule has 0 fully saturated rings. The van der Waals surface area contributed by atoms with Crippen molar-refractivity contribution in [3.05, 3.63) is 94.0 Å². The van der Waals surface area contributed by atoms with Gasteiger partial charge in [0.05, 0.1) is 11.6 Å². The van der Waals surface area contributed by atoms with E-state index in [0.29, 0.717) is 24.6 Å². The molecule has 1 amide bonds. The molecular formula is C25H27BrN2O3.